The Hall–Kier alpha value is -3.43. The molecule has 0 saturated heterocycles. The molecule has 9 heteroatoms. The fourth-order valence-electron chi connectivity index (χ4n) is 3.89. The summed E-state index contributed by atoms with van der Waals surface area (Å²) in [4.78, 5) is 33.7. The van der Waals surface area contributed by atoms with Crippen molar-refractivity contribution >= 4 is 45.7 Å². The number of carbonyl (C=O) groups is 2. The first-order valence-electron chi connectivity index (χ1n) is 10.9. The molecule has 2 amide bonds. The van der Waals surface area contributed by atoms with Crippen LogP contribution in [-0.4, -0.2) is 32.1 Å². The average molecular weight is 490 g/mol. The Labute approximate surface area is 205 Å². The highest BCUT2D eigenvalue weighted by Crippen LogP contribution is 2.30. The van der Waals surface area contributed by atoms with Gasteiger partial charge in [0.2, 0.25) is 5.91 Å². The number of hydrogen-bond donors (Lipinski definition) is 2. The fraction of sp³-hybridized carbons (Fsp3) is 0.200. The van der Waals surface area contributed by atoms with Crippen LogP contribution in [-0.2, 0) is 24.7 Å². The van der Waals surface area contributed by atoms with Gasteiger partial charge in [-0.2, -0.15) is 0 Å². The second-order valence-electron chi connectivity index (χ2n) is 8.06. The summed E-state index contributed by atoms with van der Waals surface area (Å²) in [5.41, 5.74) is 5.91. The van der Waals surface area contributed by atoms with E-state index in [0.717, 1.165) is 29.3 Å². The lowest BCUT2D eigenvalue weighted by Gasteiger charge is -2.07. The van der Waals surface area contributed by atoms with Crippen molar-refractivity contribution in [1.29, 1.82) is 0 Å². The maximum Gasteiger partial charge on any atom is 0.257 e. The van der Waals surface area contributed by atoms with Gasteiger partial charge in [-0.15, -0.1) is 11.3 Å². The molecule has 172 valence electrons. The lowest BCUT2D eigenvalue weighted by molar-refractivity contribution is -0.113. The van der Waals surface area contributed by atoms with Gasteiger partial charge in [0, 0.05) is 41.6 Å². The Balaban J connectivity index is 1.16. The number of thiazole rings is 1. The van der Waals surface area contributed by atoms with Gasteiger partial charge < -0.3 is 9.88 Å². The van der Waals surface area contributed by atoms with E-state index in [4.69, 9.17) is 0 Å². The minimum absolute atomic E-state index is 0.132. The van der Waals surface area contributed by atoms with Crippen LogP contribution in [0.25, 0.3) is 11.3 Å². The Bertz CT molecular complexity index is 1340. The molecule has 34 heavy (non-hydrogen) atoms. The third kappa shape index (κ3) is 5.05. The van der Waals surface area contributed by atoms with E-state index in [0.29, 0.717) is 16.4 Å². The van der Waals surface area contributed by atoms with E-state index in [2.05, 4.69) is 38.8 Å². The highest BCUT2D eigenvalue weighted by atomic mass is 32.2. The molecule has 7 nitrogen and oxygen atoms in total. The van der Waals surface area contributed by atoms with E-state index in [1.54, 1.807) is 30.5 Å². The van der Waals surface area contributed by atoms with Gasteiger partial charge in [-0.25, -0.2) is 9.97 Å². The van der Waals surface area contributed by atoms with Crippen molar-refractivity contribution in [3.05, 3.63) is 76.9 Å². The summed E-state index contributed by atoms with van der Waals surface area (Å²) in [6.07, 6.45) is 7.02. The first-order valence-corrected chi connectivity index (χ1v) is 12.8. The number of benzene rings is 2. The van der Waals surface area contributed by atoms with Crippen molar-refractivity contribution in [3.8, 4) is 11.3 Å². The second kappa shape index (κ2) is 9.82. The largest absolute Gasteiger partial charge is 0.329 e. The highest BCUT2D eigenvalue weighted by molar-refractivity contribution is 7.99. The maximum absolute atomic E-state index is 12.7. The minimum atomic E-state index is -0.238. The SMILES string of the molecule is Cn1ccnc1SCC(=O)Nc1ccc(C(=O)Nc2nc(-c3ccc4c(c3)CCC4)cs2)cc1. The van der Waals surface area contributed by atoms with Crippen molar-refractivity contribution in [2.75, 3.05) is 16.4 Å². The number of nitrogens with one attached hydrogen (secondary N) is 2. The van der Waals surface area contributed by atoms with E-state index < -0.39 is 0 Å². The molecule has 0 unspecified atom stereocenters. The first-order chi connectivity index (χ1) is 16.5. The summed E-state index contributed by atoms with van der Waals surface area (Å²) in [7, 11) is 1.89. The monoisotopic (exact) mass is 489 g/mol. The van der Waals surface area contributed by atoms with Crippen molar-refractivity contribution in [2.45, 2.75) is 24.4 Å². The molecule has 0 atom stereocenters. The van der Waals surface area contributed by atoms with Crippen LogP contribution in [0.2, 0.25) is 0 Å². The third-order valence-electron chi connectivity index (χ3n) is 5.66. The average Bonchev–Trinajstić information content (AvgIpc) is 3.59. The number of imidazole rings is 1. The molecule has 2 heterocycles. The van der Waals surface area contributed by atoms with Crippen molar-refractivity contribution in [2.24, 2.45) is 7.05 Å². The predicted octanol–water partition coefficient (Wildman–Crippen LogP) is 5.02. The minimum Gasteiger partial charge on any atom is -0.329 e. The number of nitrogens with zero attached hydrogens (tertiary/aromatic N) is 3. The van der Waals surface area contributed by atoms with Crippen LogP contribution in [0.5, 0.6) is 0 Å². The number of thioether (sulfide) groups is 1. The Morgan fingerprint density at radius 3 is 2.71 bits per heavy atom. The summed E-state index contributed by atoms with van der Waals surface area (Å²) >= 11 is 2.77. The number of aromatic nitrogens is 3. The summed E-state index contributed by atoms with van der Waals surface area (Å²) in [6, 6.07) is 13.3. The van der Waals surface area contributed by atoms with E-state index in [-0.39, 0.29) is 17.6 Å². The molecule has 2 aromatic carbocycles. The van der Waals surface area contributed by atoms with Gasteiger partial charge in [0.05, 0.1) is 11.4 Å². The molecule has 1 aliphatic rings. The molecule has 2 aromatic heterocycles. The number of aryl methyl sites for hydroxylation is 3. The van der Waals surface area contributed by atoms with E-state index >= 15 is 0 Å². The van der Waals surface area contributed by atoms with Crippen molar-refractivity contribution < 1.29 is 9.59 Å². The number of rotatable bonds is 7. The Morgan fingerprint density at radius 2 is 1.91 bits per heavy atom. The zero-order valence-corrected chi connectivity index (χ0v) is 20.2. The molecule has 5 rings (SSSR count). The summed E-state index contributed by atoms with van der Waals surface area (Å²) in [5.74, 6) is -0.117. The van der Waals surface area contributed by atoms with Crippen LogP contribution in [0.1, 0.15) is 27.9 Å². The van der Waals surface area contributed by atoms with Crippen LogP contribution in [0.3, 0.4) is 0 Å². The molecule has 0 spiro atoms. The highest BCUT2D eigenvalue weighted by Gasteiger charge is 2.14. The molecule has 0 fully saturated rings. The Kier molecular flexibility index (Phi) is 6.46. The number of anilines is 2. The summed E-state index contributed by atoms with van der Waals surface area (Å²) < 4.78 is 1.86. The van der Waals surface area contributed by atoms with Gasteiger partial charge in [0.25, 0.3) is 5.91 Å². The number of amides is 2. The van der Waals surface area contributed by atoms with Gasteiger partial charge in [0.1, 0.15) is 0 Å². The van der Waals surface area contributed by atoms with Crippen LogP contribution in [0.15, 0.2) is 65.4 Å². The van der Waals surface area contributed by atoms with E-state index in [1.807, 2.05) is 23.2 Å². The van der Waals surface area contributed by atoms with Gasteiger partial charge in [-0.05, 0) is 60.7 Å². The lowest BCUT2D eigenvalue weighted by atomic mass is 10.1. The molecule has 0 radical (unpaired) electrons. The third-order valence-corrected chi connectivity index (χ3v) is 7.47. The van der Waals surface area contributed by atoms with Crippen molar-refractivity contribution in [3.63, 3.8) is 0 Å². The number of hydrogen-bond acceptors (Lipinski definition) is 6. The van der Waals surface area contributed by atoms with Gasteiger partial charge in [0.15, 0.2) is 10.3 Å². The standard InChI is InChI=1S/C25H23N5O2S2/c1-30-12-11-26-25(30)34-15-22(31)27-20-9-7-17(8-10-20)23(32)29-24-28-21(14-33-24)19-6-5-16-3-2-4-18(16)13-19/h5-14H,2-4,15H2,1H3,(H,27,31)(H,28,29,32). The topological polar surface area (TPSA) is 88.9 Å². The zero-order chi connectivity index (χ0) is 23.5. The van der Waals surface area contributed by atoms with E-state index in [1.165, 1.54) is 40.6 Å². The smallest absolute Gasteiger partial charge is 0.257 e. The van der Waals surface area contributed by atoms with Crippen LogP contribution in [0, 0.1) is 0 Å². The quantitative estimate of drug-likeness (QED) is 0.356. The zero-order valence-electron chi connectivity index (χ0n) is 18.6. The second-order valence-corrected chi connectivity index (χ2v) is 9.86. The van der Waals surface area contributed by atoms with Gasteiger partial charge in [-0.3, -0.25) is 14.9 Å². The molecule has 0 aliphatic heterocycles. The molecular formula is C25H23N5O2S2. The normalized spacial score (nSPS) is 12.4. The Morgan fingerprint density at radius 1 is 1.09 bits per heavy atom. The van der Waals surface area contributed by atoms with Gasteiger partial charge in [-0.1, -0.05) is 23.9 Å². The van der Waals surface area contributed by atoms with Crippen LogP contribution < -0.4 is 10.6 Å². The maximum atomic E-state index is 12.7. The van der Waals surface area contributed by atoms with E-state index in [9.17, 15) is 9.59 Å². The number of carbonyl (C=O) groups excluding carboxylic acids is 2. The fourth-order valence-corrected chi connectivity index (χ4v) is 5.33. The lowest BCUT2D eigenvalue weighted by Crippen LogP contribution is -2.15. The predicted molar refractivity (Wildman–Crippen MR) is 137 cm³/mol. The van der Waals surface area contributed by atoms with Crippen LogP contribution >= 0.6 is 23.1 Å². The molecule has 0 bridgehead atoms. The summed E-state index contributed by atoms with van der Waals surface area (Å²) in [5, 5.41) is 9.02. The van der Waals surface area contributed by atoms with Gasteiger partial charge >= 0.3 is 0 Å². The number of fused-ring (bicyclic) bond motifs is 1. The molecular weight excluding hydrogens is 466 g/mol. The van der Waals surface area contributed by atoms with Crippen LogP contribution in [0.4, 0.5) is 10.8 Å². The molecule has 4 aromatic rings. The molecule has 1 aliphatic carbocycles. The van der Waals surface area contributed by atoms with Crippen molar-refractivity contribution in [1.82, 2.24) is 14.5 Å². The molecule has 2 N–H and O–H groups in total. The summed E-state index contributed by atoms with van der Waals surface area (Å²) in [6.45, 7) is 0. The molecule has 0 saturated carbocycles. The first kappa shape index (κ1) is 22.4.